The van der Waals surface area contributed by atoms with Gasteiger partial charge >= 0.3 is 0 Å². The molecule has 1 aliphatic rings. The summed E-state index contributed by atoms with van der Waals surface area (Å²) in [7, 11) is -3.28. The highest BCUT2D eigenvalue weighted by molar-refractivity contribution is 7.89. The predicted molar refractivity (Wildman–Crippen MR) is 83.5 cm³/mol. The van der Waals surface area contributed by atoms with Gasteiger partial charge in [-0.2, -0.15) is 4.31 Å². The van der Waals surface area contributed by atoms with Gasteiger partial charge < -0.3 is 5.32 Å². The summed E-state index contributed by atoms with van der Waals surface area (Å²) in [4.78, 5) is 1.53. The molecule has 1 aromatic rings. The highest BCUT2D eigenvalue weighted by Crippen LogP contribution is 2.28. The monoisotopic (exact) mass is 316 g/mol. The van der Waals surface area contributed by atoms with Crippen molar-refractivity contribution >= 4 is 21.4 Å². The molecule has 114 valence electrons. The number of nitrogens with one attached hydrogen (secondary N) is 1. The second-order valence-corrected chi connectivity index (χ2v) is 8.64. The van der Waals surface area contributed by atoms with Crippen LogP contribution >= 0.6 is 11.3 Å². The molecule has 6 heteroatoms. The van der Waals surface area contributed by atoms with Crippen LogP contribution in [-0.2, 0) is 16.6 Å². The Balaban J connectivity index is 2.06. The second-order valence-electron chi connectivity index (χ2n) is 5.71. The molecule has 1 N–H and O–H groups in total. The van der Waals surface area contributed by atoms with E-state index in [0.29, 0.717) is 29.9 Å². The SMILES string of the molecule is CCC1CCN(S(=O)(=O)c2csc(CNC(C)C)c2)C1. The lowest BCUT2D eigenvalue weighted by molar-refractivity contribution is 0.453. The van der Waals surface area contributed by atoms with Crippen molar-refractivity contribution in [1.82, 2.24) is 9.62 Å². The molecule has 2 heterocycles. The van der Waals surface area contributed by atoms with Crippen molar-refractivity contribution in [2.75, 3.05) is 13.1 Å². The van der Waals surface area contributed by atoms with Crippen molar-refractivity contribution in [1.29, 1.82) is 0 Å². The lowest BCUT2D eigenvalue weighted by atomic mass is 10.1. The highest BCUT2D eigenvalue weighted by Gasteiger charge is 2.32. The van der Waals surface area contributed by atoms with E-state index in [1.807, 2.05) is 6.07 Å². The summed E-state index contributed by atoms with van der Waals surface area (Å²) < 4.78 is 26.8. The molecule has 1 aliphatic heterocycles. The van der Waals surface area contributed by atoms with Crippen molar-refractivity contribution < 1.29 is 8.42 Å². The Morgan fingerprint density at radius 1 is 1.50 bits per heavy atom. The Labute approximate surface area is 126 Å². The minimum Gasteiger partial charge on any atom is -0.310 e. The largest absolute Gasteiger partial charge is 0.310 e. The van der Waals surface area contributed by atoms with Crippen LogP contribution in [0.15, 0.2) is 16.3 Å². The number of hydrogen-bond acceptors (Lipinski definition) is 4. The number of rotatable bonds is 6. The fourth-order valence-electron chi connectivity index (χ4n) is 2.39. The minimum absolute atomic E-state index is 0.404. The van der Waals surface area contributed by atoms with Crippen LogP contribution in [0.1, 0.15) is 38.5 Å². The van der Waals surface area contributed by atoms with E-state index in [9.17, 15) is 8.42 Å². The molecule has 1 fully saturated rings. The summed E-state index contributed by atoms with van der Waals surface area (Å²) in [6, 6.07) is 2.22. The van der Waals surface area contributed by atoms with Crippen LogP contribution in [0.5, 0.6) is 0 Å². The van der Waals surface area contributed by atoms with Crippen molar-refractivity contribution in [3.63, 3.8) is 0 Å². The highest BCUT2D eigenvalue weighted by atomic mass is 32.2. The number of thiophene rings is 1. The zero-order valence-electron chi connectivity index (χ0n) is 12.4. The van der Waals surface area contributed by atoms with E-state index in [0.717, 1.165) is 24.3 Å². The Kier molecular flexibility index (Phi) is 5.23. The molecule has 0 spiro atoms. The smallest absolute Gasteiger partial charge is 0.243 e. The number of nitrogens with zero attached hydrogens (tertiary/aromatic N) is 1. The molecule has 1 saturated heterocycles. The maximum Gasteiger partial charge on any atom is 0.243 e. The van der Waals surface area contributed by atoms with Crippen LogP contribution in [0.4, 0.5) is 0 Å². The standard InChI is InChI=1S/C14H24N2O2S2/c1-4-12-5-6-16(9-12)20(17,18)14-7-13(19-10-14)8-15-11(2)3/h7,10-12,15H,4-6,8-9H2,1-3H3. The molecule has 1 aromatic heterocycles. The molecular weight excluding hydrogens is 292 g/mol. The molecule has 0 radical (unpaired) electrons. The van der Waals surface area contributed by atoms with Gasteiger partial charge in [-0.25, -0.2) is 8.42 Å². The molecule has 0 saturated carbocycles. The first-order valence-corrected chi connectivity index (χ1v) is 9.56. The molecule has 20 heavy (non-hydrogen) atoms. The Morgan fingerprint density at radius 2 is 2.25 bits per heavy atom. The summed E-state index contributed by atoms with van der Waals surface area (Å²) in [5.41, 5.74) is 0. The fourth-order valence-corrected chi connectivity index (χ4v) is 5.14. The average Bonchev–Trinajstić information content (AvgIpc) is 3.05. The molecule has 1 atom stereocenters. The fraction of sp³-hybridized carbons (Fsp3) is 0.714. The van der Waals surface area contributed by atoms with Crippen molar-refractivity contribution in [2.45, 2.75) is 51.1 Å². The quantitative estimate of drug-likeness (QED) is 0.878. The topological polar surface area (TPSA) is 49.4 Å². The summed E-state index contributed by atoms with van der Waals surface area (Å²) >= 11 is 1.52. The maximum absolute atomic E-state index is 12.6. The van der Waals surface area contributed by atoms with Gasteiger partial charge in [0.1, 0.15) is 0 Å². The van der Waals surface area contributed by atoms with E-state index in [2.05, 4.69) is 26.1 Å². The van der Waals surface area contributed by atoms with Gasteiger partial charge in [-0.1, -0.05) is 27.2 Å². The van der Waals surface area contributed by atoms with E-state index in [1.54, 1.807) is 9.69 Å². The number of hydrogen-bond donors (Lipinski definition) is 1. The molecule has 0 amide bonds. The van der Waals surface area contributed by atoms with Gasteiger partial charge in [0.2, 0.25) is 10.0 Å². The van der Waals surface area contributed by atoms with Crippen molar-refractivity contribution in [3.8, 4) is 0 Å². The van der Waals surface area contributed by atoms with Crippen LogP contribution in [0.3, 0.4) is 0 Å². The third-order valence-corrected chi connectivity index (χ3v) is 6.71. The average molecular weight is 316 g/mol. The van der Waals surface area contributed by atoms with Gasteiger partial charge in [-0.15, -0.1) is 11.3 Å². The molecule has 0 aliphatic carbocycles. The zero-order chi connectivity index (χ0) is 14.8. The summed E-state index contributed by atoms with van der Waals surface area (Å²) in [5, 5.41) is 5.08. The van der Waals surface area contributed by atoms with Gasteiger partial charge in [0.15, 0.2) is 0 Å². The first-order chi connectivity index (χ1) is 9.43. The lowest BCUT2D eigenvalue weighted by Gasteiger charge is -2.15. The maximum atomic E-state index is 12.6. The van der Waals surface area contributed by atoms with Gasteiger partial charge in [0.05, 0.1) is 4.90 Å². The van der Waals surface area contributed by atoms with Crippen molar-refractivity contribution in [2.24, 2.45) is 5.92 Å². The van der Waals surface area contributed by atoms with Gasteiger partial charge in [0, 0.05) is 35.9 Å². The molecule has 4 nitrogen and oxygen atoms in total. The molecule has 0 bridgehead atoms. The van der Waals surface area contributed by atoms with Gasteiger partial charge in [0.25, 0.3) is 0 Å². The van der Waals surface area contributed by atoms with E-state index in [4.69, 9.17) is 0 Å². The minimum atomic E-state index is -3.28. The Morgan fingerprint density at radius 3 is 2.85 bits per heavy atom. The number of sulfonamides is 1. The molecular formula is C14H24N2O2S2. The van der Waals surface area contributed by atoms with Crippen molar-refractivity contribution in [3.05, 3.63) is 16.3 Å². The van der Waals surface area contributed by atoms with Crippen LogP contribution in [0.25, 0.3) is 0 Å². The summed E-state index contributed by atoms with van der Waals surface area (Å²) in [6.07, 6.45) is 2.04. The predicted octanol–water partition coefficient (Wildman–Crippen LogP) is 2.67. The first kappa shape index (κ1) is 15.9. The van der Waals surface area contributed by atoms with E-state index in [-0.39, 0.29) is 0 Å². The van der Waals surface area contributed by atoms with E-state index in [1.165, 1.54) is 11.3 Å². The summed E-state index contributed by atoms with van der Waals surface area (Å²) in [5.74, 6) is 0.519. The van der Waals surface area contributed by atoms with Gasteiger partial charge in [-0.05, 0) is 18.4 Å². The van der Waals surface area contributed by atoms with E-state index < -0.39 is 10.0 Å². The van der Waals surface area contributed by atoms with Crippen LogP contribution in [0.2, 0.25) is 0 Å². The van der Waals surface area contributed by atoms with Gasteiger partial charge in [-0.3, -0.25) is 0 Å². The Hall–Kier alpha value is -0.430. The van der Waals surface area contributed by atoms with Crippen LogP contribution in [-0.4, -0.2) is 31.9 Å². The van der Waals surface area contributed by atoms with Crippen LogP contribution in [0, 0.1) is 5.92 Å². The third kappa shape index (κ3) is 3.61. The second kappa shape index (κ2) is 6.56. The lowest BCUT2D eigenvalue weighted by Crippen LogP contribution is -2.28. The van der Waals surface area contributed by atoms with Crippen LogP contribution < -0.4 is 5.32 Å². The Bertz CT molecular complexity index is 537. The molecule has 0 aromatic carbocycles. The van der Waals surface area contributed by atoms with E-state index >= 15 is 0 Å². The summed E-state index contributed by atoms with van der Waals surface area (Å²) in [6.45, 7) is 8.36. The first-order valence-electron chi connectivity index (χ1n) is 7.24. The normalized spacial score (nSPS) is 20.9. The molecule has 2 rings (SSSR count). The molecule has 1 unspecified atom stereocenters. The zero-order valence-corrected chi connectivity index (χ0v) is 14.1. The third-order valence-electron chi connectivity index (χ3n) is 3.78.